The molecule has 2 aromatic rings. The van der Waals surface area contributed by atoms with Gasteiger partial charge in [-0.1, -0.05) is 24.3 Å². The minimum atomic E-state index is -0.146. The molecule has 20 heavy (non-hydrogen) atoms. The van der Waals surface area contributed by atoms with E-state index in [1.54, 1.807) is 25.2 Å². The molecule has 2 rings (SSSR count). The van der Waals surface area contributed by atoms with E-state index in [1.165, 1.54) is 4.90 Å². The number of carbonyl (C=O) groups excluding carboxylic acids is 1. The van der Waals surface area contributed by atoms with Gasteiger partial charge in [0, 0.05) is 7.05 Å². The van der Waals surface area contributed by atoms with Gasteiger partial charge in [0.1, 0.15) is 5.75 Å². The molecule has 2 aromatic carbocycles. The molecule has 0 unspecified atom stereocenters. The number of nitrogen functional groups attached to an aromatic ring is 1. The van der Waals surface area contributed by atoms with E-state index < -0.39 is 0 Å². The highest BCUT2D eigenvalue weighted by Crippen LogP contribution is 2.26. The van der Waals surface area contributed by atoms with Gasteiger partial charge in [0.15, 0.2) is 0 Å². The van der Waals surface area contributed by atoms with Crippen LogP contribution in [-0.4, -0.2) is 19.6 Å². The third-order valence-electron chi connectivity index (χ3n) is 3.02. The lowest BCUT2D eigenvalue weighted by Gasteiger charge is -2.20. The molecular formula is C16H18N2O2. The fourth-order valence-corrected chi connectivity index (χ4v) is 2.01. The third kappa shape index (κ3) is 2.74. The molecule has 0 spiro atoms. The summed E-state index contributed by atoms with van der Waals surface area (Å²) >= 11 is 0. The highest BCUT2D eigenvalue weighted by molar-refractivity contribution is 6.08. The lowest BCUT2D eigenvalue weighted by Crippen LogP contribution is -2.27. The molecule has 0 radical (unpaired) electrons. The first-order valence-corrected chi connectivity index (χ1v) is 6.49. The molecule has 0 aliphatic rings. The van der Waals surface area contributed by atoms with Crippen molar-refractivity contribution in [1.82, 2.24) is 0 Å². The van der Waals surface area contributed by atoms with E-state index in [-0.39, 0.29) is 5.91 Å². The highest BCUT2D eigenvalue weighted by atomic mass is 16.5. The molecule has 4 nitrogen and oxygen atoms in total. The zero-order valence-corrected chi connectivity index (χ0v) is 11.7. The van der Waals surface area contributed by atoms with Crippen molar-refractivity contribution in [2.24, 2.45) is 0 Å². The van der Waals surface area contributed by atoms with E-state index in [9.17, 15) is 4.79 Å². The maximum atomic E-state index is 12.6. The lowest BCUT2D eigenvalue weighted by molar-refractivity contribution is 0.0989. The van der Waals surface area contributed by atoms with E-state index >= 15 is 0 Å². The fourth-order valence-electron chi connectivity index (χ4n) is 2.01. The molecule has 2 N–H and O–H groups in total. The van der Waals surface area contributed by atoms with Crippen LogP contribution in [0.15, 0.2) is 48.5 Å². The predicted molar refractivity (Wildman–Crippen MR) is 81.2 cm³/mol. The second-order valence-electron chi connectivity index (χ2n) is 4.35. The van der Waals surface area contributed by atoms with Crippen LogP contribution in [0, 0.1) is 0 Å². The van der Waals surface area contributed by atoms with Gasteiger partial charge in [-0.25, -0.2) is 0 Å². The van der Waals surface area contributed by atoms with Gasteiger partial charge < -0.3 is 15.4 Å². The number of hydrogen-bond acceptors (Lipinski definition) is 3. The van der Waals surface area contributed by atoms with Crippen LogP contribution in [0.4, 0.5) is 11.4 Å². The van der Waals surface area contributed by atoms with Crippen LogP contribution < -0.4 is 15.4 Å². The maximum Gasteiger partial charge on any atom is 0.261 e. The van der Waals surface area contributed by atoms with Gasteiger partial charge in [-0.3, -0.25) is 4.79 Å². The fraction of sp³-hybridized carbons (Fsp3) is 0.188. The zero-order chi connectivity index (χ0) is 14.5. The number of anilines is 2. The van der Waals surface area contributed by atoms with Gasteiger partial charge in [-0.05, 0) is 31.2 Å². The van der Waals surface area contributed by atoms with Crippen molar-refractivity contribution in [3.63, 3.8) is 0 Å². The zero-order valence-electron chi connectivity index (χ0n) is 11.7. The lowest BCUT2D eigenvalue weighted by atomic mass is 10.1. The van der Waals surface area contributed by atoms with Gasteiger partial charge in [0.05, 0.1) is 23.5 Å². The van der Waals surface area contributed by atoms with Crippen LogP contribution in [0.3, 0.4) is 0 Å². The monoisotopic (exact) mass is 270 g/mol. The Hall–Kier alpha value is -2.49. The number of carbonyl (C=O) groups is 1. The van der Waals surface area contributed by atoms with E-state index in [2.05, 4.69) is 0 Å². The van der Waals surface area contributed by atoms with Crippen molar-refractivity contribution in [3.8, 4) is 5.75 Å². The molecule has 0 aliphatic carbocycles. The van der Waals surface area contributed by atoms with Gasteiger partial charge in [0.25, 0.3) is 5.91 Å². The summed E-state index contributed by atoms with van der Waals surface area (Å²) < 4.78 is 5.50. The standard InChI is InChI=1S/C16H18N2O2/c1-3-20-15-11-7-4-8-12(15)16(19)18(2)14-10-6-5-9-13(14)17/h4-11H,3,17H2,1-2H3. The average molecular weight is 270 g/mol. The largest absolute Gasteiger partial charge is 0.493 e. The quantitative estimate of drug-likeness (QED) is 0.869. The number of rotatable bonds is 4. The van der Waals surface area contributed by atoms with Crippen LogP contribution in [0.1, 0.15) is 17.3 Å². The summed E-state index contributed by atoms with van der Waals surface area (Å²) in [5.41, 5.74) is 7.69. The minimum absolute atomic E-state index is 0.146. The highest BCUT2D eigenvalue weighted by Gasteiger charge is 2.18. The van der Waals surface area contributed by atoms with Crippen LogP contribution in [0.2, 0.25) is 0 Å². The van der Waals surface area contributed by atoms with Gasteiger partial charge in [-0.15, -0.1) is 0 Å². The molecule has 0 aromatic heterocycles. The number of benzene rings is 2. The van der Waals surface area contributed by atoms with Gasteiger partial charge in [-0.2, -0.15) is 0 Å². The summed E-state index contributed by atoms with van der Waals surface area (Å²) in [6, 6.07) is 14.5. The molecule has 104 valence electrons. The van der Waals surface area contributed by atoms with Crippen LogP contribution in [0.5, 0.6) is 5.75 Å². The summed E-state index contributed by atoms with van der Waals surface area (Å²) in [6.07, 6.45) is 0. The summed E-state index contributed by atoms with van der Waals surface area (Å²) in [7, 11) is 1.71. The third-order valence-corrected chi connectivity index (χ3v) is 3.02. The topological polar surface area (TPSA) is 55.6 Å². The summed E-state index contributed by atoms with van der Waals surface area (Å²) in [5, 5.41) is 0. The Morgan fingerprint density at radius 1 is 1.15 bits per heavy atom. The summed E-state index contributed by atoms with van der Waals surface area (Å²) in [4.78, 5) is 14.1. The number of ether oxygens (including phenoxy) is 1. The van der Waals surface area contributed by atoms with Gasteiger partial charge in [0.2, 0.25) is 0 Å². The normalized spacial score (nSPS) is 10.1. The molecule has 0 aliphatic heterocycles. The first kappa shape index (κ1) is 13.9. The Kier molecular flexibility index (Phi) is 4.25. The molecule has 4 heteroatoms. The van der Waals surface area contributed by atoms with Crippen molar-refractivity contribution in [2.45, 2.75) is 6.92 Å². The van der Waals surface area contributed by atoms with E-state index in [4.69, 9.17) is 10.5 Å². The van der Waals surface area contributed by atoms with Crippen molar-refractivity contribution in [1.29, 1.82) is 0 Å². The molecular weight excluding hydrogens is 252 g/mol. The predicted octanol–water partition coefficient (Wildman–Crippen LogP) is 2.94. The number of para-hydroxylation sites is 3. The Morgan fingerprint density at radius 2 is 1.80 bits per heavy atom. The Labute approximate surface area is 118 Å². The Morgan fingerprint density at radius 3 is 2.50 bits per heavy atom. The molecule has 0 bridgehead atoms. The van der Waals surface area contributed by atoms with Gasteiger partial charge >= 0.3 is 0 Å². The smallest absolute Gasteiger partial charge is 0.261 e. The molecule has 0 saturated heterocycles. The van der Waals surface area contributed by atoms with Crippen molar-refractivity contribution in [3.05, 3.63) is 54.1 Å². The minimum Gasteiger partial charge on any atom is -0.493 e. The summed E-state index contributed by atoms with van der Waals surface area (Å²) in [6.45, 7) is 2.40. The molecule has 1 amide bonds. The van der Waals surface area contributed by atoms with E-state index in [1.807, 2.05) is 37.3 Å². The molecule has 0 heterocycles. The summed E-state index contributed by atoms with van der Waals surface area (Å²) in [5.74, 6) is 0.438. The number of hydrogen-bond donors (Lipinski definition) is 1. The molecule has 0 saturated carbocycles. The van der Waals surface area contributed by atoms with E-state index in [0.717, 1.165) is 0 Å². The maximum absolute atomic E-state index is 12.6. The number of amides is 1. The average Bonchev–Trinajstić information content (AvgIpc) is 2.47. The van der Waals surface area contributed by atoms with Crippen LogP contribution in [0.25, 0.3) is 0 Å². The second-order valence-corrected chi connectivity index (χ2v) is 4.35. The SMILES string of the molecule is CCOc1ccccc1C(=O)N(C)c1ccccc1N. The number of nitrogens with two attached hydrogens (primary N) is 1. The van der Waals surface area contributed by atoms with Crippen molar-refractivity contribution in [2.75, 3.05) is 24.3 Å². The van der Waals surface area contributed by atoms with E-state index in [0.29, 0.717) is 29.3 Å². The first-order chi connectivity index (χ1) is 9.65. The first-order valence-electron chi connectivity index (χ1n) is 6.49. The van der Waals surface area contributed by atoms with Crippen molar-refractivity contribution < 1.29 is 9.53 Å². The second kappa shape index (κ2) is 6.10. The molecule has 0 fully saturated rings. The Bertz CT molecular complexity index is 611. The Balaban J connectivity index is 2.34. The van der Waals surface area contributed by atoms with Crippen LogP contribution in [-0.2, 0) is 0 Å². The number of nitrogens with zero attached hydrogens (tertiary/aromatic N) is 1. The van der Waals surface area contributed by atoms with Crippen LogP contribution >= 0.6 is 0 Å². The van der Waals surface area contributed by atoms with Crippen molar-refractivity contribution >= 4 is 17.3 Å². The molecule has 0 atom stereocenters.